The smallest absolute Gasteiger partial charge is 0.310 e. The summed E-state index contributed by atoms with van der Waals surface area (Å²) in [6, 6.07) is 11.6. The summed E-state index contributed by atoms with van der Waals surface area (Å²) in [5, 5.41) is 22.6. The van der Waals surface area contributed by atoms with Crippen LogP contribution >= 0.6 is 0 Å². The summed E-state index contributed by atoms with van der Waals surface area (Å²) in [6.45, 7) is 1.68. The van der Waals surface area contributed by atoms with E-state index >= 15 is 0 Å². The summed E-state index contributed by atoms with van der Waals surface area (Å²) < 4.78 is 5.97. The second-order valence-corrected chi connectivity index (χ2v) is 11.2. The number of esters is 1. The number of aliphatic hydroxyl groups is 1. The number of phenolic OH excluding ortho intramolecular Hbond substituents is 1. The highest BCUT2D eigenvalue weighted by molar-refractivity contribution is 6.32. The number of benzene rings is 2. The SMILES string of the molecule is CC1c2cccc(O)c2C(=O)C2C(=O)C3(O)C(=O)C(C(N)=O)C(=O)C(N(C)C)C3C(OC(=O)Cc3ccccc3)C21. The molecular weight excluding hydrogens is 532 g/mol. The molecule has 2 fully saturated rings. The van der Waals surface area contributed by atoms with Crippen molar-refractivity contribution >= 4 is 35.0 Å². The monoisotopic (exact) mass is 562 g/mol. The van der Waals surface area contributed by atoms with Gasteiger partial charge in [-0.1, -0.05) is 49.4 Å². The van der Waals surface area contributed by atoms with Gasteiger partial charge in [0.15, 0.2) is 34.7 Å². The van der Waals surface area contributed by atoms with Crippen LogP contribution in [0.15, 0.2) is 48.5 Å². The summed E-state index contributed by atoms with van der Waals surface area (Å²) in [5.41, 5.74) is 3.20. The Hall–Kier alpha value is -4.22. The number of amides is 1. The minimum atomic E-state index is -3.06. The van der Waals surface area contributed by atoms with Crippen LogP contribution in [0.5, 0.6) is 5.75 Å². The Bertz CT molecular complexity index is 1490. The number of hydrogen-bond acceptors (Lipinski definition) is 10. The first-order chi connectivity index (χ1) is 19.3. The standard InChI is InChI=1S/C30H30N2O9/c1-13-15-10-7-11-16(33)19(15)24(35)20-18(13)26(41-17(34)12-14-8-5-4-6-9-14)22-23(32(2)3)25(36)21(29(31)39)28(38)30(22,40)27(20)37/h4-11,13,18,20-23,26,33,40H,12H2,1-3H3,(H2,31,39). The van der Waals surface area contributed by atoms with Crippen LogP contribution in [0.2, 0.25) is 0 Å². The third-order valence-electron chi connectivity index (χ3n) is 8.78. The molecule has 3 aliphatic carbocycles. The molecule has 0 aliphatic heterocycles. The molecular formula is C30H30N2O9. The van der Waals surface area contributed by atoms with Gasteiger partial charge in [-0.25, -0.2) is 0 Å². The Balaban J connectivity index is 1.72. The number of ketones is 4. The molecule has 2 aromatic carbocycles. The van der Waals surface area contributed by atoms with E-state index in [4.69, 9.17) is 10.5 Å². The maximum absolute atomic E-state index is 14.2. The zero-order valence-corrected chi connectivity index (χ0v) is 22.6. The minimum Gasteiger partial charge on any atom is -0.507 e. The first kappa shape index (κ1) is 28.3. The van der Waals surface area contributed by atoms with E-state index in [0.29, 0.717) is 11.1 Å². The van der Waals surface area contributed by atoms with Gasteiger partial charge in [0.05, 0.1) is 29.9 Å². The normalized spacial score (nSPS) is 32.7. The lowest BCUT2D eigenvalue weighted by Crippen LogP contribution is -2.78. The second kappa shape index (κ2) is 10.0. The van der Waals surface area contributed by atoms with Gasteiger partial charge in [-0.15, -0.1) is 0 Å². The average Bonchev–Trinajstić information content (AvgIpc) is 2.90. The highest BCUT2D eigenvalue weighted by Gasteiger charge is 2.74. The molecule has 2 aromatic rings. The molecule has 0 bridgehead atoms. The summed E-state index contributed by atoms with van der Waals surface area (Å²) >= 11 is 0. The van der Waals surface area contributed by atoms with Crippen molar-refractivity contribution in [1.82, 2.24) is 4.90 Å². The Morgan fingerprint density at radius 1 is 1.00 bits per heavy atom. The molecule has 4 N–H and O–H groups in total. The van der Waals surface area contributed by atoms with E-state index in [-0.39, 0.29) is 17.7 Å². The molecule has 0 saturated heterocycles. The number of nitrogens with two attached hydrogens (primary N) is 1. The summed E-state index contributed by atoms with van der Waals surface area (Å²) in [5.74, 6) is -14.3. The fourth-order valence-corrected chi connectivity index (χ4v) is 7.02. The van der Waals surface area contributed by atoms with Crippen molar-refractivity contribution < 1.29 is 43.7 Å². The number of Topliss-reactive ketones (excluding diaryl/α,β-unsaturated/α-hetero) is 4. The molecule has 3 aliphatic rings. The van der Waals surface area contributed by atoms with Gasteiger partial charge in [-0.2, -0.15) is 0 Å². The van der Waals surface area contributed by atoms with E-state index < -0.39 is 82.3 Å². The molecule has 214 valence electrons. The number of hydrogen-bond donors (Lipinski definition) is 3. The molecule has 8 unspecified atom stereocenters. The molecule has 5 rings (SSSR count). The van der Waals surface area contributed by atoms with Gasteiger partial charge in [0, 0.05) is 5.92 Å². The highest BCUT2D eigenvalue weighted by atomic mass is 16.5. The van der Waals surface area contributed by atoms with Crippen LogP contribution in [0.3, 0.4) is 0 Å². The molecule has 11 heteroatoms. The van der Waals surface area contributed by atoms with Gasteiger partial charge >= 0.3 is 5.97 Å². The zero-order valence-electron chi connectivity index (χ0n) is 22.6. The van der Waals surface area contributed by atoms with Crippen LogP contribution in [0, 0.1) is 23.7 Å². The number of carbonyl (C=O) groups is 6. The van der Waals surface area contributed by atoms with E-state index in [1.807, 2.05) is 0 Å². The number of aromatic hydroxyl groups is 1. The van der Waals surface area contributed by atoms with Crippen LogP contribution in [0.4, 0.5) is 0 Å². The number of phenols is 1. The fraction of sp³-hybridized carbons (Fsp3) is 0.400. The van der Waals surface area contributed by atoms with Gasteiger partial charge in [0.2, 0.25) is 5.91 Å². The van der Waals surface area contributed by atoms with Crippen LogP contribution < -0.4 is 5.73 Å². The van der Waals surface area contributed by atoms with E-state index in [9.17, 15) is 39.0 Å². The Morgan fingerprint density at radius 2 is 1.66 bits per heavy atom. The van der Waals surface area contributed by atoms with Gasteiger partial charge in [-0.3, -0.25) is 33.7 Å². The van der Waals surface area contributed by atoms with Gasteiger partial charge < -0.3 is 20.7 Å². The second-order valence-electron chi connectivity index (χ2n) is 11.2. The molecule has 0 aromatic heterocycles. The van der Waals surface area contributed by atoms with Gasteiger partial charge in [0.1, 0.15) is 11.9 Å². The molecule has 2 saturated carbocycles. The Morgan fingerprint density at radius 3 is 2.27 bits per heavy atom. The van der Waals surface area contributed by atoms with Crippen molar-refractivity contribution in [3.8, 4) is 5.75 Å². The third kappa shape index (κ3) is 4.10. The number of fused-ring (bicyclic) bond motifs is 3. The van der Waals surface area contributed by atoms with Crippen LogP contribution in [0.25, 0.3) is 0 Å². The van der Waals surface area contributed by atoms with Crippen molar-refractivity contribution in [1.29, 1.82) is 0 Å². The van der Waals surface area contributed by atoms with Crippen molar-refractivity contribution in [2.24, 2.45) is 29.4 Å². The van der Waals surface area contributed by atoms with E-state index in [0.717, 1.165) is 0 Å². The molecule has 1 amide bonds. The molecule has 8 atom stereocenters. The fourth-order valence-electron chi connectivity index (χ4n) is 7.02. The Kier molecular flexibility index (Phi) is 6.91. The maximum atomic E-state index is 14.2. The molecule has 0 spiro atoms. The lowest BCUT2D eigenvalue weighted by atomic mass is 9.49. The zero-order chi connectivity index (χ0) is 30.0. The van der Waals surface area contributed by atoms with E-state index in [1.54, 1.807) is 43.3 Å². The first-order valence-corrected chi connectivity index (χ1v) is 13.2. The average molecular weight is 563 g/mol. The molecule has 41 heavy (non-hydrogen) atoms. The quantitative estimate of drug-likeness (QED) is 0.336. The topological polar surface area (TPSA) is 181 Å². The Labute approximate surface area is 235 Å². The summed E-state index contributed by atoms with van der Waals surface area (Å²) in [6.07, 6.45) is -1.69. The van der Waals surface area contributed by atoms with Crippen LogP contribution in [-0.4, -0.2) is 82.0 Å². The largest absolute Gasteiger partial charge is 0.507 e. The van der Waals surface area contributed by atoms with Crippen molar-refractivity contribution in [2.75, 3.05) is 14.1 Å². The molecule has 0 heterocycles. The maximum Gasteiger partial charge on any atom is 0.310 e. The van der Waals surface area contributed by atoms with E-state index in [2.05, 4.69) is 0 Å². The third-order valence-corrected chi connectivity index (χ3v) is 8.78. The number of ether oxygens (including phenoxy) is 1. The van der Waals surface area contributed by atoms with Crippen LogP contribution in [-0.2, 0) is 35.1 Å². The number of nitrogens with zero attached hydrogens (tertiary/aromatic N) is 1. The molecule has 0 radical (unpaired) electrons. The lowest BCUT2D eigenvalue weighted by Gasteiger charge is -2.56. The van der Waals surface area contributed by atoms with Gasteiger partial charge in [0.25, 0.3) is 0 Å². The summed E-state index contributed by atoms with van der Waals surface area (Å²) in [7, 11) is 2.91. The minimum absolute atomic E-state index is 0.138. The summed E-state index contributed by atoms with van der Waals surface area (Å²) in [4.78, 5) is 82.3. The van der Waals surface area contributed by atoms with Crippen molar-refractivity contribution in [2.45, 2.75) is 37.0 Å². The van der Waals surface area contributed by atoms with Crippen LogP contribution in [0.1, 0.15) is 34.3 Å². The van der Waals surface area contributed by atoms with Crippen molar-refractivity contribution in [3.05, 3.63) is 65.2 Å². The van der Waals surface area contributed by atoms with Gasteiger partial charge in [-0.05, 0) is 37.2 Å². The predicted molar refractivity (Wildman–Crippen MR) is 141 cm³/mol. The number of likely N-dealkylation sites (N-methyl/N-ethyl adjacent to an activating group) is 1. The molecule has 11 nitrogen and oxygen atoms in total. The number of primary amides is 1. The van der Waals surface area contributed by atoms with Crippen molar-refractivity contribution in [3.63, 3.8) is 0 Å². The number of rotatable bonds is 5. The van der Waals surface area contributed by atoms with E-state index in [1.165, 1.54) is 31.1 Å². The lowest BCUT2D eigenvalue weighted by molar-refractivity contribution is -0.205. The predicted octanol–water partition coefficient (Wildman–Crippen LogP) is 0.192. The number of carbonyl (C=O) groups excluding carboxylic acids is 6. The first-order valence-electron chi connectivity index (χ1n) is 13.2. The highest BCUT2D eigenvalue weighted by Crippen LogP contribution is 2.55.